The molecular weight excluding hydrogens is 313 g/mol. The Balaban J connectivity index is 0. The first-order chi connectivity index (χ1) is 9.84. The van der Waals surface area contributed by atoms with Crippen molar-refractivity contribution in [1.29, 1.82) is 0 Å². The van der Waals surface area contributed by atoms with Crippen LogP contribution in [0.3, 0.4) is 0 Å². The molecule has 5 heteroatoms. The molecule has 0 aliphatic carbocycles. The van der Waals surface area contributed by atoms with Crippen LogP contribution in [0.25, 0.3) is 16.7 Å². The van der Waals surface area contributed by atoms with E-state index in [0.29, 0.717) is 5.69 Å². The predicted molar refractivity (Wildman–Crippen MR) is 89.6 cm³/mol. The molecule has 4 nitrogen and oxygen atoms in total. The van der Waals surface area contributed by atoms with Crippen LogP contribution in [0.2, 0.25) is 0 Å². The van der Waals surface area contributed by atoms with Crippen LogP contribution >= 0.6 is 0 Å². The normalized spacial score (nSPS) is 8.36. The number of phenolic OH excluding ortho intramolecular Hbond substituents is 1. The quantitative estimate of drug-likeness (QED) is 0.659. The first-order valence-electron chi connectivity index (χ1n) is 6.95. The van der Waals surface area contributed by atoms with Crippen LogP contribution in [0.4, 0.5) is 0 Å². The van der Waals surface area contributed by atoms with Crippen molar-refractivity contribution in [2.24, 2.45) is 0 Å². The molecule has 0 fully saturated rings. The topological polar surface area (TPSA) is 50.9 Å². The van der Waals surface area contributed by atoms with Gasteiger partial charge in [-0.1, -0.05) is 52.0 Å². The van der Waals surface area contributed by atoms with Crippen LogP contribution in [-0.4, -0.2) is 20.1 Å². The van der Waals surface area contributed by atoms with Gasteiger partial charge in [0.2, 0.25) is 0 Å². The molecule has 1 N–H and O–H groups in total. The van der Waals surface area contributed by atoms with E-state index in [1.54, 1.807) is 18.2 Å². The summed E-state index contributed by atoms with van der Waals surface area (Å²) in [6.07, 6.45) is 0. The van der Waals surface area contributed by atoms with E-state index in [9.17, 15) is 5.11 Å². The summed E-state index contributed by atoms with van der Waals surface area (Å²) in [7, 11) is 0. The van der Waals surface area contributed by atoms with Gasteiger partial charge in [-0.2, -0.15) is 0 Å². The molecule has 0 aliphatic rings. The number of hydrogen-bond acceptors (Lipinski definition) is 3. The molecule has 1 radical (unpaired) electrons. The van der Waals surface area contributed by atoms with E-state index in [1.165, 1.54) is 4.80 Å². The molecule has 0 atom stereocenters. The van der Waals surface area contributed by atoms with Crippen molar-refractivity contribution in [1.82, 2.24) is 15.0 Å². The fourth-order valence-corrected chi connectivity index (χ4v) is 1.60. The van der Waals surface area contributed by atoms with Gasteiger partial charge in [0, 0.05) is 18.6 Å². The van der Waals surface area contributed by atoms with Gasteiger partial charge in [0.05, 0.1) is 0 Å². The third kappa shape index (κ3) is 5.21. The molecule has 0 bridgehead atoms. The molecule has 0 amide bonds. The third-order valence-corrected chi connectivity index (χ3v) is 2.38. The van der Waals surface area contributed by atoms with Gasteiger partial charge in [0.25, 0.3) is 0 Å². The average molecular weight is 337 g/mol. The maximum atomic E-state index is 9.69. The Kier molecular flexibility index (Phi) is 12.1. The van der Waals surface area contributed by atoms with Gasteiger partial charge in [0.1, 0.15) is 22.5 Å². The van der Waals surface area contributed by atoms with E-state index in [-0.39, 0.29) is 31.7 Å². The van der Waals surface area contributed by atoms with Crippen LogP contribution in [0.5, 0.6) is 5.75 Å². The maximum Gasteiger partial charge on any atom is 0.143 e. The number of nitrogens with zero attached hydrogens (tertiary/aromatic N) is 3. The number of phenols is 1. The number of para-hydroxylation sites is 2. The van der Waals surface area contributed by atoms with Crippen molar-refractivity contribution in [3.8, 4) is 11.4 Å². The molecule has 1 aromatic heterocycles. The second-order valence-corrected chi connectivity index (χ2v) is 3.47. The van der Waals surface area contributed by atoms with E-state index in [0.717, 1.165) is 11.0 Å². The summed E-state index contributed by atoms with van der Waals surface area (Å²) in [6, 6.07) is 14.6. The number of aromatic nitrogens is 3. The minimum atomic E-state index is 0. The number of benzene rings is 2. The van der Waals surface area contributed by atoms with Gasteiger partial charge in [-0.15, -0.1) is 15.0 Å². The zero-order valence-electron chi connectivity index (χ0n) is 13.9. The molecule has 3 aromatic rings. The predicted octanol–water partition coefficient (Wildman–Crippen LogP) is 4.63. The van der Waals surface area contributed by atoms with Gasteiger partial charge in [0.15, 0.2) is 0 Å². The number of hydrogen-bond donors (Lipinski definition) is 1. The molecule has 3 rings (SSSR count). The van der Waals surface area contributed by atoms with E-state index in [1.807, 2.05) is 58.0 Å². The summed E-state index contributed by atoms with van der Waals surface area (Å²) < 4.78 is 0. The Morgan fingerprint density at radius 2 is 1.18 bits per heavy atom. The first kappa shape index (κ1) is 22.5. The molecule has 0 aliphatic heterocycles. The minimum Gasteiger partial charge on any atom is -0.506 e. The van der Waals surface area contributed by atoms with E-state index in [2.05, 4.69) is 10.2 Å². The van der Waals surface area contributed by atoms with Gasteiger partial charge >= 0.3 is 0 Å². The SMILES string of the molecule is CC.CC.Oc1ccccc1-n1nc2ccccc2n1.[CH3-].[V]. The summed E-state index contributed by atoms with van der Waals surface area (Å²) in [5.41, 5.74) is 2.20. The van der Waals surface area contributed by atoms with Crippen molar-refractivity contribution in [2.45, 2.75) is 27.7 Å². The molecule has 2 aromatic carbocycles. The Morgan fingerprint density at radius 1 is 0.773 bits per heavy atom. The molecular formula is C17H24N3OV-. The third-order valence-electron chi connectivity index (χ3n) is 2.38. The van der Waals surface area contributed by atoms with Crippen LogP contribution in [0, 0.1) is 7.43 Å². The average Bonchev–Trinajstić information content (AvgIpc) is 2.95. The molecule has 0 saturated carbocycles. The second-order valence-electron chi connectivity index (χ2n) is 3.47. The summed E-state index contributed by atoms with van der Waals surface area (Å²) in [5, 5.41) is 18.3. The standard InChI is InChI=1S/C12H9N3O.2C2H6.CH3.V/c16-12-8-4-3-7-11(12)15-13-9-5-1-2-6-10(9)14-15;2*1-2;;/h1-8,16H;2*1-2H3;1H3;/q;;;-1;. The van der Waals surface area contributed by atoms with Gasteiger partial charge < -0.3 is 12.5 Å². The minimum absolute atomic E-state index is 0. The zero-order chi connectivity index (χ0) is 15.0. The van der Waals surface area contributed by atoms with E-state index >= 15 is 0 Å². The molecule has 1 heterocycles. The summed E-state index contributed by atoms with van der Waals surface area (Å²) >= 11 is 0. The van der Waals surface area contributed by atoms with Crippen LogP contribution < -0.4 is 0 Å². The molecule has 0 unspecified atom stereocenters. The summed E-state index contributed by atoms with van der Waals surface area (Å²) in [5.74, 6) is 0.169. The van der Waals surface area contributed by atoms with Crippen LogP contribution in [-0.2, 0) is 18.6 Å². The second kappa shape index (κ2) is 11.8. The van der Waals surface area contributed by atoms with Crippen molar-refractivity contribution in [3.63, 3.8) is 0 Å². The fraction of sp³-hybridized carbons (Fsp3) is 0.235. The molecule has 119 valence electrons. The van der Waals surface area contributed by atoms with Gasteiger partial charge in [-0.3, -0.25) is 0 Å². The Labute approximate surface area is 145 Å². The molecule has 22 heavy (non-hydrogen) atoms. The molecule has 0 saturated heterocycles. The number of aromatic hydroxyl groups is 1. The monoisotopic (exact) mass is 337 g/mol. The van der Waals surface area contributed by atoms with Gasteiger partial charge in [-0.05, 0) is 24.3 Å². The number of fused-ring (bicyclic) bond motifs is 1. The van der Waals surface area contributed by atoms with E-state index in [4.69, 9.17) is 0 Å². The van der Waals surface area contributed by atoms with Crippen molar-refractivity contribution >= 4 is 11.0 Å². The number of rotatable bonds is 1. The van der Waals surface area contributed by atoms with Gasteiger partial charge in [-0.25, -0.2) is 0 Å². The van der Waals surface area contributed by atoms with Crippen molar-refractivity contribution in [3.05, 3.63) is 56.0 Å². The van der Waals surface area contributed by atoms with Crippen molar-refractivity contribution in [2.75, 3.05) is 0 Å². The Hall–Kier alpha value is -1.78. The zero-order valence-corrected chi connectivity index (χ0v) is 15.3. The molecule has 0 spiro atoms. The fourth-order valence-electron chi connectivity index (χ4n) is 1.60. The first-order valence-corrected chi connectivity index (χ1v) is 6.95. The largest absolute Gasteiger partial charge is 0.506 e. The van der Waals surface area contributed by atoms with Crippen LogP contribution in [0.15, 0.2) is 48.5 Å². The van der Waals surface area contributed by atoms with Crippen molar-refractivity contribution < 1.29 is 23.7 Å². The maximum absolute atomic E-state index is 9.69. The smallest absolute Gasteiger partial charge is 0.143 e. The summed E-state index contributed by atoms with van der Waals surface area (Å²) in [4.78, 5) is 1.44. The summed E-state index contributed by atoms with van der Waals surface area (Å²) in [6.45, 7) is 8.00. The van der Waals surface area contributed by atoms with E-state index < -0.39 is 0 Å². The Bertz CT molecular complexity index is 620. The van der Waals surface area contributed by atoms with Crippen LogP contribution in [0.1, 0.15) is 27.7 Å². The Morgan fingerprint density at radius 3 is 1.64 bits per heavy atom.